The molecule has 0 unspecified atom stereocenters. The highest BCUT2D eigenvalue weighted by Crippen LogP contribution is 2.24. The maximum absolute atomic E-state index is 12.5. The van der Waals surface area contributed by atoms with Crippen LogP contribution in [0.15, 0.2) is 65.7 Å². The summed E-state index contributed by atoms with van der Waals surface area (Å²) < 4.78 is 32.5. The number of carbonyl (C=O) groups is 1. The first-order valence-electron chi connectivity index (χ1n) is 9.80. The van der Waals surface area contributed by atoms with Crippen molar-refractivity contribution in [2.75, 3.05) is 6.54 Å². The van der Waals surface area contributed by atoms with Crippen LogP contribution in [0.5, 0.6) is 11.6 Å². The summed E-state index contributed by atoms with van der Waals surface area (Å²) in [6.07, 6.45) is 6.71. The molecule has 164 valence electrons. The van der Waals surface area contributed by atoms with Gasteiger partial charge in [0.15, 0.2) is 0 Å². The first kappa shape index (κ1) is 23.0. The molecule has 0 atom stereocenters. The smallest absolute Gasteiger partial charge is 0.251 e. The van der Waals surface area contributed by atoms with Crippen LogP contribution in [0, 0.1) is 26.2 Å². The third kappa shape index (κ3) is 5.94. The van der Waals surface area contributed by atoms with Gasteiger partial charge in [0.05, 0.1) is 11.4 Å². The molecule has 1 amide bonds. The zero-order valence-electron chi connectivity index (χ0n) is 17.8. The van der Waals surface area contributed by atoms with Crippen LogP contribution in [0.1, 0.15) is 27.0 Å². The van der Waals surface area contributed by atoms with Gasteiger partial charge in [-0.15, -0.1) is 6.42 Å². The van der Waals surface area contributed by atoms with E-state index in [9.17, 15) is 13.2 Å². The highest BCUT2D eigenvalue weighted by atomic mass is 32.2. The molecule has 0 bridgehead atoms. The van der Waals surface area contributed by atoms with Crippen LogP contribution in [0.3, 0.4) is 0 Å². The molecule has 0 radical (unpaired) electrons. The summed E-state index contributed by atoms with van der Waals surface area (Å²) in [4.78, 5) is 16.7. The predicted molar refractivity (Wildman–Crippen MR) is 122 cm³/mol. The molecule has 0 saturated carbocycles. The minimum absolute atomic E-state index is 0.0324. The number of hydrogen-bond acceptors (Lipinski definition) is 5. The highest BCUT2D eigenvalue weighted by Gasteiger charge is 2.15. The molecule has 1 aromatic heterocycles. The Bertz CT molecular complexity index is 1260. The summed E-state index contributed by atoms with van der Waals surface area (Å²) >= 11 is 0. The number of benzene rings is 2. The summed E-state index contributed by atoms with van der Waals surface area (Å²) in [6.45, 7) is 4.05. The molecule has 0 aliphatic rings. The van der Waals surface area contributed by atoms with Crippen molar-refractivity contribution in [3.05, 3.63) is 83.0 Å². The van der Waals surface area contributed by atoms with Crippen molar-refractivity contribution < 1.29 is 17.9 Å². The standard InChI is InChI=1S/C24H23N3O4S/c1-4-12-27-32(29,30)21-7-5-6-20(14-21)24(28)26-16-19-10-11-23(25-15-19)31-22-13-17(2)8-9-18(22)3/h1,5-11,13-15,27H,12,16H2,2-3H3,(H,26,28). The predicted octanol–water partition coefficient (Wildman–Crippen LogP) is 3.33. The minimum Gasteiger partial charge on any atom is -0.439 e. The van der Waals surface area contributed by atoms with Crippen LogP contribution in [0.2, 0.25) is 0 Å². The van der Waals surface area contributed by atoms with Gasteiger partial charge in [0, 0.05) is 24.4 Å². The highest BCUT2D eigenvalue weighted by molar-refractivity contribution is 7.89. The number of sulfonamides is 1. The largest absolute Gasteiger partial charge is 0.439 e. The van der Waals surface area contributed by atoms with Crippen molar-refractivity contribution in [3.63, 3.8) is 0 Å². The molecule has 0 spiro atoms. The number of amides is 1. The Hall–Kier alpha value is -3.67. The molecule has 0 fully saturated rings. The molecule has 1 heterocycles. The third-order valence-corrected chi connectivity index (χ3v) is 5.98. The summed E-state index contributed by atoms with van der Waals surface area (Å²) in [6, 6.07) is 15.2. The van der Waals surface area contributed by atoms with E-state index in [4.69, 9.17) is 11.2 Å². The SMILES string of the molecule is C#CCNS(=O)(=O)c1cccc(C(=O)NCc2ccc(Oc3cc(C)ccc3C)nc2)c1. The van der Waals surface area contributed by atoms with Crippen molar-refractivity contribution in [3.8, 4) is 24.0 Å². The average molecular weight is 450 g/mol. The van der Waals surface area contributed by atoms with E-state index in [2.05, 4.69) is 20.9 Å². The summed E-state index contributed by atoms with van der Waals surface area (Å²) in [5.74, 6) is 2.99. The van der Waals surface area contributed by atoms with Gasteiger partial charge in [0.1, 0.15) is 5.75 Å². The molecule has 32 heavy (non-hydrogen) atoms. The number of aryl methyl sites for hydroxylation is 2. The third-order valence-electron chi connectivity index (χ3n) is 4.58. The number of nitrogens with zero attached hydrogens (tertiary/aromatic N) is 1. The zero-order valence-corrected chi connectivity index (χ0v) is 18.6. The lowest BCUT2D eigenvalue weighted by Crippen LogP contribution is -2.25. The van der Waals surface area contributed by atoms with E-state index in [0.717, 1.165) is 22.4 Å². The number of carbonyl (C=O) groups excluding carboxylic acids is 1. The minimum atomic E-state index is -3.78. The number of pyridine rings is 1. The van der Waals surface area contributed by atoms with Crippen LogP contribution in [-0.2, 0) is 16.6 Å². The second-order valence-electron chi connectivity index (χ2n) is 7.11. The van der Waals surface area contributed by atoms with Gasteiger partial charge in [0.25, 0.3) is 5.91 Å². The molecule has 0 aliphatic heterocycles. The van der Waals surface area contributed by atoms with Gasteiger partial charge in [-0.2, -0.15) is 4.72 Å². The van der Waals surface area contributed by atoms with Crippen molar-refractivity contribution >= 4 is 15.9 Å². The number of nitrogens with one attached hydrogen (secondary N) is 2. The molecule has 0 saturated heterocycles. The lowest BCUT2D eigenvalue weighted by atomic mass is 10.1. The lowest BCUT2D eigenvalue weighted by molar-refractivity contribution is 0.0950. The Labute approximate surface area is 187 Å². The van der Waals surface area contributed by atoms with Crippen molar-refractivity contribution in [1.82, 2.24) is 15.0 Å². The van der Waals surface area contributed by atoms with E-state index >= 15 is 0 Å². The van der Waals surface area contributed by atoms with E-state index in [1.165, 1.54) is 24.3 Å². The fraction of sp³-hybridized carbons (Fsp3) is 0.167. The molecule has 2 aromatic carbocycles. The lowest BCUT2D eigenvalue weighted by Gasteiger charge is -2.10. The first-order chi connectivity index (χ1) is 15.3. The summed E-state index contributed by atoms with van der Waals surface area (Å²) in [5.41, 5.74) is 3.09. The fourth-order valence-electron chi connectivity index (χ4n) is 2.81. The van der Waals surface area contributed by atoms with E-state index in [1.54, 1.807) is 18.3 Å². The van der Waals surface area contributed by atoms with E-state index < -0.39 is 15.9 Å². The first-order valence-corrected chi connectivity index (χ1v) is 11.3. The Morgan fingerprint density at radius 1 is 1.12 bits per heavy atom. The second kappa shape index (κ2) is 10.1. The Morgan fingerprint density at radius 3 is 2.66 bits per heavy atom. The topological polar surface area (TPSA) is 97.4 Å². The van der Waals surface area contributed by atoms with E-state index in [0.29, 0.717) is 5.88 Å². The van der Waals surface area contributed by atoms with Gasteiger partial charge in [-0.25, -0.2) is 13.4 Å². The van der Waals surface area contributed by atoms with Crippen LogP contribution in [-0.4, -0.2) is 25.9 Å². The molecular weight excluding hydrogens is 426 g/mol. The maximum atomic E-state index is 12.5. The van der Waals surface area contributed by atoms with Gasteiger partial charge in [-0.05, 0) is 54.8 Å². The maximum Gasteiger partial charge on any atom is 0.251 e. The summed E-state index contributed by atoms with van der Waals surface area (Å²) in [5, 5.41) is 2.76. The van der Waals surface area contributed by atoms with Gasteiger partial charge in [-0.3, -0.25) is 4.79 Å². The van der Waals surface area contributed by atoms with Gasteiger partial charge in [-0.1, -0.05) is 30.2 Å². The number of ether oxygens (including phenoxy) is 1. The van der Waals surface area contributed by atoms with Gasteiger partial charge < -0.3 is 10.1 Å². The molecule has 2 N–H and O–H groups in total. The number of rotatable bonds is 8. The Morgan fingerprint density at radius 2 is 1.94 bits per heavy atom. The second-order valence-corrected chi connectivity index (χ2v) is 8.88. The average Bonchev–Trinajstić information content (AvgIpc) is 2.79. The van der Waals surface area contributed by atoms with Crippen molar-refractivity contribution in [2.45, 2.75) is 25.3 Å². The molecular formula is C24H23N3O4S. The molecule has 8 heteroatoms. The Kier molecular flexibility index (Phi) is 7.25. The Balaban J connectivity index is 1.62. The van der Waals surface area contributed by atoms with Crippen LogP contribution in [0.25, 0.3) is 0 Å². The fourth-order valence-corrected chi connectivity index (χ4v) is 3.79. The quantitative estimate of drug-likeness (QED) is 0.514. The normalized spacial score (nSPS) is 10.9. The summed E-state index contributed by atoms with van der Waals surface area (Å²) in [7, 11) is -3.78. The molecule has 0 aliphatic carbocycles. The van der Waals surface area contributed by atoms with Crippen LogP contribution >= 0.6 is 0 Å². The molecule has 7 nitrogen and oxygen atoms in total. The number of hydrogen-bond donors (Lipinski definition) is 2. The zero-order chi connectivity index (χ0) is 23.1. The van der Waals surface area contributed by atoms with E-state index in [1.807, 2.05) is 32.0 Å². The monoisotopic (exact) mass is 449 g/mol. The van der Waals surface area contributed by atoms with Gasteiger partial charge >= 0.3 is 0 Å². The molecule has 3 aromatic rings. The number of aromatic nitrogens is 1. The number of terminal acetylenes is 1. The van der Waals surface area contributed by atoms with Crippen molar-refractivity contribution in [1.29, 1.82) is 0 Å². The van der Waals surface area contributed by atoms with Crippen LogP contribution in [0.4, 0.5) is 0 Å². The van der Waals surface area contributed by atoms with E-state index in [-0.39, 0.29) is 23.5 Å². The van der Waals surface area contributed by atoms with Gasteiger partial charge in [0.2, 0.25) is 15.9 Å². The van der Waals surface area contributed by atoms with Crippen molar-refractivity contribution in [2.24, 2.45) is 0 Å². The molecule has 3 rings (SSSR count). The van der Waals surface area contributed by atoms with Crippen LogP contribution < -0.4 is 14.8 Å².